The Kier molecular flexibility index (Phi) is 6.37. The third kappa shape index (κ3) is 5.47. The molecule has 2 amide bonds. The van der Waals surface area contributed by atoms with Crippen LogP contribution in [0.2, 0.25) is 5.02 Å². The van der Waals surface area contributed by atoms with Gasteiger partial charge in [0.15, 0.2) is 0 Å². The van der Waals surface area contributed by atoms with Gasteiger partial charge >= 0.3 is 0 Å². The van der Waals surface area contributed by atoms with Crippen molar-refractivity contribution in [1.82, 2.24) is 10.9 Å². The molecule has 2 aromatic carbocycles. The highest BCUT2D eigenvalue weighted by molar-refractivity contribution is 8.00. The van der Waals surface area contributed by atoms with Crippen molar-refractivity contribution in [3.8, 4) is 0 Å². The van der Waals surface area contributed by atoms with Gasteiger partial charge in [0, 0.05) is 16.0 Å². The van der Waals surface area contributed by atoms with Gasteiger partial charge in [-0.1, -0.05) is 29.3 Å². The van der Waals surface area contributed by atoms with Crippen LogP contribution in [0.4, 0.5) is 5.69 Å². The number of nitrogens with zero attached hydrogens (tertiary/aromatic N) is 1. The summed E-state index contributed by atoms with van der Waals surface area (Å²) in [6.45, 7) is 1.96. The fourth-order valence-electron chi connectivity index (χ4n) is 1.86. The second-order valence-electron chi connectivity index (χ2n) is 5.02. The molecule has 0 saturated heterocycles. The van der Waals surface area contributed by atoms with E-state index in [-0.39, 0.29) is 16.3 Å². The van der Waals surface area contributed by atoms with Crippen molar-refractivity contribution in [2.75, 3.05) is 5.75 Å². The molecule has 0 heterocycles. The Morgan fingerprint density at radius 2 is 1.84 bits per heavy atom. The zero-order valence-electron chi connectivity index (χ0n) is 13.1. The van der Waals surface area contributed by atoms with Crippen molar-refractivity contribution in [3.63, 3.8) is 0 Å². The first kappa shape index (κ1) is 18.8. The largest absolute Gasteiger partial charge is 0.283 e. The number of carbonyl (C=O) groups excluding carboxylic acids is 2. The molecule has 0 bridgehead atoms. The van der Waals surface area contributed by atoms with Crippen molar-refractivity contribution in [3.05, 3.63) is 68.7 Å². The number of hydrogen-bond acceptors (Lipinski definition) is 5. The maximum absolute atomic E-state index is 12.0. The predicted octanol–water partition coefficient (Wildman–Crippen LogP) is 3.11. The summed E-state index contributed by atoms with van der Waals surface area (Å²) < 4.78 is 0. The standard InChI is InChI=1S/C16H14ClN3O4S/c1-10-2-5-12(6-3-10)25-9-15(21)18-19-16(22)13-7-4-11(17)8-14(13)20(23)24/h2-8H,9H2,1H3,(H,18,21)(H,19,22). The summed E-state index contributed by atoms with van der Waals surface area (Å²) in [5, 5.41) is 11.1. The van der Waals surface area contributed by atoms with Gasteiger partial charge in [-0.2, -0.15) is 0 Å². The fourth-order valence-corrected chi connectivity index (χ4v) is 2.73. The number of amides is 2. The van der Waals surface area contributed by atoms with Crippen LogP contribution in [0.3, 0.4) is 0 Å². The molecular formula is C16H14ClN3O4S. The van der Waals surface area contributed by atoms with E-state index in [0.717, 1.165) is 16.5 Å². The first-order valence-electron chi connectivity index (χ1n) is 7.09. The summed E-state index contributed by atoms with van der Waals surface area (Å²) in [6.07, 6.45) is 0. The van der Waals surface area contributed by atoms with E-state index in [0.29, 0.717) is 0 Å². The predicted molar refractivity (Wildman–Crippen MR) is 95.6 cm³/mol. The van der Waals surface area contributed by atoms with Crippen molar-refractivity contribution in [1.29, 1.82) is 0 Å². The molecule has 130 valence electrons. The Balaban J connectivity index is 1.90. The molecule has 0 aliphatic heterocycles. The van der Waals surface area contributed by atoms with Crippen molar-refractivity contribution >= 4 is 40.9 Å². The highest BCUT2D eigenvalue weighted by Gasteiger charge is 2.20. The first-order chi connectivity index (χ1) is 11.9. The number of nitro benzene ring substituents is 1. The monoisotopic (exact) mass is 379 g/mol. The first-order valence-corrected chi connectivity index (χ1v) is 8.46. The molecule has 0 saturated carbocycles. The zero-order valence-corrected chi connectivity index (χ0v) is 14.7. The molecule has 2 aromatic rings. The lowest BCUT2D eigenvalue weighted by Gasteiger charge is -2.08. The molecule has 0 atom stereocenters. The van der Waals surface area contributed by atoms with Crippen LogP contribution in [-0.4, -0.2) is 22.5 Å². The number of carbonyl (C=O) groups is 2. The van der Waals surface area contributed by atoms with Crippen LogP contribution >= 0.6 is 23.4 Å². The van der Waals surface area contributed by atoms with Crippen LogP contribution in [0.1, 0.15) is 15.9 Å². The maximum atomic E-state index is 12.0. The minimum atomic E-state index is -0.794. The average molecular weight is 380 g/mol. The highest BCUT2D eigenvalue weighted by atomic mass is 35.5. The lowest BCUT2D eigenvalue weighted by atomic mass is 10.2. The van der Waals surface area contributed by atoms with Crippen molar-refractivity contribution in [2.24, 2.45) is 0 Å². The number of halogens is 1. The summed E-state index contributed by atoms with van der Waals surface area (Å²) in [5.74, 6) is -1.14. The van der Waals surface area contributed by atoms with E-state index in [1.807, 2.05) is 31.2 Å². The van der Waals surface area contributed by atoms with Gasteiger partial charge in [-0.05, 0) is 31.2 Å². The minimum Gasteiger partial charge on any atom is -0.272 e. The van der Waals surface area contributed by atoms with Crippen molar-refractivity contribution in [2.45, 2.75) is 11.8 Å². The summed E-state index contributed by atoms with van der Waals surface area (Å²) in [7, 11) is 0. The summed E-state index contributed by atoms with van der Waals surface area (Å²) >= 11 is 7.00. The number of benzene rings is 2. The Hall–Kier alpha value is -2.58. The molecule has 9 heteroatoms. The van der Waals surface area contributed by atoms with Gasteiger partial charge in [-0.25, -0.2) is 0 Å². The van der Waals surface area contributed by atoms with E-state index in [4.69, 9.17) is 11.6 Å². The number of hydrazine groups is 1. The third-order valence-corrected chi connectivity index (χ3v) is 4.35. The molecule has 2 N–H and O–H groups in total. The number of aryl methyl sites for hydroxylation is 1. The number of rotatable bonds is 5. The molecule has 25 heavy (non-hydrogen) atoms. The van der Waals surface area contributed by atoms with Crippen LogP contribution in [-0.2, 0) is 4.79 Å². The molecule has 0 radical (unpaired) electrons. The van der Waals surface area contributed by atoms with E-state index in [1.54, 1.807) is 0 Å². The molecule has 0 aliphatic carbocycles. The van der Waals surface area contributed by atoms with Gasteiger partial charge in [0.25, 0.3) is 11.6 Å². The topological polar surface area (TPSA) is 101 Å². The Bertz CT molecular complexity index is 812. The number of nitro groups is 1. The molecule has 0 fully saturated rings. The lowest BCUT2D eigenvalue weighted by molar-refractivity contribution is -0.385. The summed E-state index contributed by atoms with van der Waals surface area (Å²) in [6, 6.07) is 11.3. The Morgan fingerprint density at radius 3 is 2.48 bits per heavy atom. The van der Waals surface area contributed by atoms with Gasteiger partial charge in [0.2, 0.25) is 5.91 Å². The summed E-state index contributed by atoms with van der Waals surface area (Å²) in [4.78, 5) is 35.0. The maximum Gasteiger partial charge on any atom is 0.283 e. The Morgan fingerprint density at radius 1 is 1.16 bits per heavy atom. The number of hydrogen-bond donors (Lipinski definition) is 2. The number of nitrogens with one attached hydrogen (secondary N) is 2. The molecule has 7 nitrogen and oxygen atoms in total. The van der Waals surface area contributed by atoms with Crippen LogP contribution < -0.4 is 10.9 Å². The Labute approximate surface area is 152 Å². The number of thioether (sulfide) groups is 1. The van der Waals surface area contributed by atoms with Crippen molar-refractivity contribution < 1.29 is 14.5 Å². The van der Waals surface area contributed by atoms with Gasteiger partial charge < -0.3 is 0 Å². The van der Waals surface area contributed by atoms with Gasteiger partial charge in [0.05, 0.1) is 10.7 Å². The van der Waals surface area contributed by atoms with E-state index in [9.17, 15) is 19.7 Å². The quantitative estimate of drug-likeness (QED) is 0.472. The van der Waals surface area contributed by atoms with Gasteiger partial charge in [-0.3, -0.25) is 30.6 Å². The van der Waals surface area contributed by atoms with Crippen LogP contribution in [0.15, 0.2) is 47.4 Å². The molecule has 0 aromatic heterocycles. The van der Waals surface area contributed by atoms with E-state index < -0.39 is 22.4 Å². The molecule has 2 rings (SSSR count). The molecule has 0 aliphatic rings. The second-order valence-corrected chi connectivity index (χ2v) is 6.51. The van der Waals surface area contributed by atoms with E-state index >= 15 is 0 Å². The van der Waals surface area contributed by atoms with Crippen LogP contribution in [0, 0.1) is 17.0 Å². The molecule has 0 unspecified atom stereocenters. The van der Waals surface area contributed by atoms with E-state index in [2.05, 4.69) is 10.9 Å². The zero-order chi connectivity index (χ0) is 18.4. The van der Waals surface area contributed by atoms with Crippen LogP contribution in [0.5, 0.6) is 0 Å². The third-order valence-electron chi connectivity index (χ3n) is 3.11. The minimum absolute atomic E-state index is 0.0893. The van der Waals surface area contributed by atoms with Crippen LogP contribution in [0.25, 0.3) is 0 Å². The lowest BCUT2D eigenvalue weighted by Crippen LogP contribution is -2.42. The smallest absolute Gasteiger partial charge is 0.272 e. The van der Waals surface area contributed by atoms with Gasteiger partial charge in [0.1, 0.15) is 5.56 Å². The van der Waals surface area contributed by atoms with E-state index in [1.165, 1.54) is 23.9 Å². The fraction of sp³-hybridized carbons (Fsp3) is 0.125. The SMILES string of the molecule is Cc1ccc(SCC(=O)NNC(=O)c2ccc(Cl)cc2[N+](=O)[O-])cc1. The summed E-state index contributed by atoms with van der Waals surface area (Å²) in [5.41, 5.74) is 4.87. The molecule has 0 spiro atoms. The molecular weight excluding hydrogens is 366 g/mol. The van der Waals surface area contributed by atoms with Gasteiger partial charge in [-0.15, -0.1) is 11.8 Å². The highest BCUT2D eigenvalue weighted by Crippen LogP contribution is 2.23. The normalized spacial score (nSPS) is 10.2. The average Bonchev–Trinajstić information content (AvgIpc) is 2.59. The second kappa shape index (κ2) is 8.50.